The third kappa shape index (κ3) is 4.67. The molecule has 7 nitrogen and oxygen atoms in total. The summed E-state index contributed by atoms with van der Waals surface area (Å²) in [4.78, 5) is 23.0. The molecule has 7 heteroatoms. The fraction of sp³-hybridized carbons (Fsp3) is 0.538. The molecule has 0 aliphatic heterocycles. The number of ether oxygens (including phenoxy) is 3. The highest BCUT2D eigenvalue weighted by Gasteiger charge is 2.20. The monoisotopic (exact) mass is 286 g/mol. The molecular formula is C13H18O7. The van der Waals surface area contributed by atoms with Crippen molar-refractivity contribution < 1.29 is 28.5 Å². The molecule has 0 saturated carbocycles. The Kier molecular flexibility index (Phi) is 6.75. The van der Waals surface area contributed by atoms with Crippen LogP contribution >= 0.6 is 0 Å². The van der Waals surface area contributed by atoms with E-state index in [1.165, 1.54) is 7.11 Å². The molecule has 1 aromatic heterocycles. The van der Waals surface area contributed by atoms with Crippen LogP contribution in [0, 0.1) is 0 Å². The van der Waals surface area contributed by atoms with E-state index in [1.807, 2.05) is 6.92 Å². The van der Waals surface area contributed by atoms with E-state index in [0.29, 0.717) is 0 Å². The lowest BCUT2D eigenvalue weighted by Crippen LogP contribution is -2.15. The minimum Gasteiger partial charge on any atom is -0.486 e. The normalized spacial score (nSPS) is 10.5. The maximum atomic E-state index is 11.9. The number of unbranched alkanes of at least 4 members (excludes halogenated alkanes) is 1. The van der Waals surface area contributed by atoms with Crippen molar-refractivity contribution in [2.45, 2.75) is 26.4 Å². The molecule has 1 rings (SSSR count). The van der Waals surface area contributed by atoms with E-state index < -0.39 is 17.2 Å². The van der Waals surface area contributed by atoms with E-state index in [1.54, 1.807) is 0 Å². The summed E-state index contributed by atoms with van der Waals surface area (Å²) >= 11 is 0. The molecule has 20 heavy (non-hydrogen) atoms. The molecule has 0 fully saturated rings. The number of rotatable bonds is 9. The van der Waals surface area contributed by atoms with Gasteiger partial charge in [-0.2, -0.15) is 0 Å². The first-order valence-corrected chi connectivity index (χ1v) is 6.20. The van der Waals surface area contributed by atoms with Gasteiger partial charge in [0.05, 0.1) is 6.61 Å². The fourth-order valence-corrected chi connectivity index (χ4v) is 1.42. The van der Waals surface area contributed by atoms with Gasteiger partial charge in [0.1, 0.15) is 19.2 Å². The highest BCUT2D eigenvalue weighted by molar-refractivity contribution is 5.87. The predicted molar refractivity (Wildman–Crippen MR) is 69.0 cm³/mol. The molecule has 0 bridgehead atoms. The van der Waals surface area contributed by atoms with Crippen molar-refractivity contribution in [1.82, 2.24) is 0 Å². The summed E-state index contributed by atoms with van der Waals surface area (Å²) in [7, 11) is 1.45. The fourth-order valence-electron chi connectivity index (χ4n) is 1.42. The summed E-state index contributed by atoms with van der Waals surface area (Å²) < 4.78 is 20.0. The van der Waals surface area contributed by atoms with Gasteiger partial charge in [-0.15, -0.1) is 0 Å². The summed E-state index contributed by atoms with van der Waals surface area (Å²) in [5, 5.41) is 9.06. The van der Waals surface area contributed by atoms with Crippen molar-refractivity contribution >= 4 is 5.97 Å². The molecule has 0 atom stereocenters. The molecule has 0 saturated heterocycles. The first-order chi connectivity index (χ1) is 9.60. The zero-order valence-corrected chi connectivity index (χ0v) is 11.5. The van der Waals surface area contributed by atoms with Gasteiger partial charge in [0.25, 0.3) is 5.76 Å². The Bertz CT molecular complexity index is 492. The number of aromatic carboxylic acids is 1. The van der Waals surface area contributed by atoms with Crippen LogP contribution < -0.4 is 10.2 Å². The second-order valence-corrected chi connectivity index (χ2v) is 4.00. The van der Waals surface area contributed by atoms with Gasteiger partial charge < -0.3 is 23.7 Å². The van der Waals surface area contributed by atoms with Crippen LogP contribution in [0.4, 0.5) is 0 Å². The summed E-state index contributed by atoms with van der Waals surface area (Å²) in [6.07, 6.45) is 1.59. The number of carboxylic acids is 1. The molecule has 0 unspecified atom stereocenters. The number of hydrogen-bond donors (Lipinski definition) is 1. The zero-order chi connectivity index (χ0) is 15.0. The van der Waals surface area contributed by atoms with E-state index in [0.717, 1.165) is 18.9 Å². The summed E-state index contributed by atoms with van der Waals surface area (Å²) in [6.45, 7) is 2.18. The van der Waals surface area contributed by atoms with Gasteiger partial charge in [-0.05, 0) is 6.42 Å². The maximum absolute atomic E-state index is 11.9. The van der Waals surface area contributed by atoms with Crippen molar-refractivity contribution in [1.29, 1.82) is 0 Å². The summed E-state index contributed by atoms with van der Waals surface area (Å²) in [6, 6.07) is 1.16. The Balaban J connectivity index is 2.94. The van der Waals surface area contributed by atoms with Crippen LogP contribution in [0.1, 0.15) is 36.1 Å². The molecule has 0 aromatic carbocycles. The highest BCUT2D eigenvalue weighted by atomic mass is 16.7. The molecule has 112 valence electrons. The topological polar surface area (TPSA) is 95.2 Å². The van der Waals surface area contributed by atoms with E-state index >= 15 is 0 Å². The van der Waals surface area contributed by atoms with Gasteiger partial charge in [-0.1, -0.05) is 13.3 Å². The molecule has 0 spiro atoms. The molecule has 0 aliphatic carbocycles. The van der Waals surface area contributed by atoms with Crippen molar-refractivity contribution in [3.8, 4) is 5.75 Å². The minimum absolute atomic E-state index is 0.0147. The third-order valence-electron chi connectivity index (χ3n) is 2.34. The van der Waals surface area contributed by atoms with Crippen molar-refractivity contribution in [2.75, 3.05) is 20.5 Å². The second-order valence-electron chi connectivity index (χ2n) is 4.00. The Morgan fingerprint density at radius 3 is 2.80 bits per heavy atom. The van der Waals surface area contributed by atoms with Crippen LogP contribution in [-0.2, 0) is 16.1 Å². The lowest BCUT2D eigenvalue weighted by atomic mass is 10.3. The Morgan fingerprint density at radius 1 is 1.45 bits per heavy atom. The quantitative estimate of drug-likeness (QED) is 0.544. The minimum atomic E-state index is -1.36. The van der Waals surface area contributed by atoms with Crippen LogP contribution in [0.2, 0.25) is 0 Å². The molecule has 1 heterocycles. The van der Waals surface area contributed by atoms with Gasteiger partial charge in [0.15, 0.2) is 0 Å². The lowest BCUT2D eigenvalue weighted by molar-refractivity contribution is -0.0447. The number of carboxylic acid groups (broad SMARTS) is 1. The van der Waals surface area contributed by atoms with Crippen molar-refractivity contribution in [3.05, 3.63) is 27.8 Å². The average molecular weight is 286 g/mol. The van der Waals surface area contributed by atoms with E-state index in [9.17, 15) is 9.59 Å². The van der Waals surface area contributed by atoms with Crippen LogP contribution in [0.15, 0.2) is 15.3 Å². The summed E-state index contributed by atoms with van der Waals surface area (Å²) in [5.74, 6) is -2.04. The lowest BCUT2D eigenvalue weighted by Gasteiger charge is -2.09. The largest absolute Gasteiger partial charge is 0.486 e. The Morgan fingerprint density at radius 2 is 2.20 bits per heavy atom. The molecule has 0 aliphatic rings. The van der Waals surface area contributed by atoms with Crippen molar-refractivity contribution in [3.63, 3.8) is 0 Å². The first-order valence-electron chi connectivity index (χ1n) is 6.20. The van der Waals surface area contributed by atoms with Gasteiger partial charge in [-0.3, -0.25) is 4.79 Å². The van der Waals surface area contributed by atoms with Crippen molar-refractivity contribution in [2.24, 2.45) is 0 Å². The molecule has 0 radical (unpaired) electrons. The van der Waals surface area contributed by atoms with Crippen LogP contribution in [0.5, 0.6) is 5.75 Å². The summed E-state index contributed by atoms with van der Waals surface area (Å²) in [5.41, 5.74) is -0.541. The van der Waals surface area contributed by atoms with Gasteiger partial charge >= 0.3 is 5.97 Å². The SMILES string of the molecule is CCCCOc1c(C(=O)O)oc(COCOC)cc1=O. The van der Waals surface area contributed by atoms with E-state index in [4.69, 9.17) is 19.0 Å². The number of carbonyl (C=O) groups is 1. The van der Waals surface area contributed by atoms with E-state index in [2.05, 4.69) is 4.74 Å². The third-order valence-corrected chi connectivity index (χ3v) is 2.34. The number of methoxy groups -OCH3 is 1. The predicted octanol–water partition coefficient (Wildman–Crippen LogP) is 1.64. The Hall–Kier alpha value is -1.86. The van der Waals surface area contributed by atoms with Gasteiger partial charge in [-0.25, -0.2) is 4.79 Å². The Labute approximate surface area is 116 Å². The molecule has 0 amide bonds. The maximum Gasteiger partial charge on any atom is 0.375 e. The van der Waals surface area contributed by atoms with E-state index in [-0.39, 0.29) is 31.5 Å². The number of hydrogen-bond acceptors (Lipinski definition) is 6. The smallest absolute Gasteiger partial charge is 0.375 e. The standard InChI is InChI=1S/C13H18O7/c1-3-4-5-19-11-10(14)6-9(7-18-8-17-2)20-12(11)13(15)16/h6H,3-5,7-8H2,1-2H3,(H,15,16). The zero-order valence-electron chi connectivity index (χ0n) is 11.5. The second kappa shape index (κ2) is 8.34. The van der Waals surface area contributed by atoms with Gasteiger partial charge in [0, 0.05) is 13.2 Å². The van der Waals surface area contributed by atoms with Crippen LogP contribution in [0.3, 0.4) is 0 Å². The average Bonchev–Trinajstić information content (AvgIpc) is 2.41. The molecule has 1 aromatic rings. The van der Waals surface area contributed by atoms with Crippen LogP contribution in [-0.4, -0.2) is 31.6 Å². The molecule has 1 N–H and O–H groups in total. The van der Waals surface area contributed by atoms with Gasteiger partial charge in [0.2, 0.25) is 11.2 Å². The highest BCUT2D eigenvalue weighted by Crippen LogP contribution is 2.16. The first kappa shape index (κ1) is 16.2. The molecular weight excluding hydrogens is 268 g/mol. The van der Waals surface area contributed by atoms with Crippen LogP contribution in [0.25, 0.3) is 0 Å².